The van der Waals surface area contributed by atoms with Crippen molar-refractivity contribution in [3.05, 3.63) is 57.0 Å². The molecule has 1 aromatic carbocycles. The Kier molecular flexibility index (Phi) is 5.31. The van der Waals surface area contributed by atoms with E-state index in [1.165, 1.54) is 0 Å². The number of aryl methyl sites for hydroxylation is 1. The molecular weight excluding hydrogens is 312 g/mol. The molecule has 2 rings (SSSR count). The fourth-order valence-electron chi connectivity index (χ4n) is 2.02. The van der Waals surface area contributed by atoms with Crippen LogP contribution in [0.15, 0.2) is 29.1 Å². The third kappa shape index (κ3) is 3.78. The molecule has 0 spiro atoms. The van der Waals surface area contributed by atoms with Crippen LogP contribution >= 0.6 is 0 Å². The van der Waals surface area contributed by atoms with Crippen LogP contribution in [0.3, 0.4) is 0 Å². The number of hydrogen-bond acceptors (Lipinski definition) is 5. The van der Waals surface area contributed by atoms with Gasteiger partial charge in [-0.2, -0.15) is 5.10 Å². The van der Waals surface area contributed by atoms with Crippen LogP contribution in [0.2, 0.25) is 0 Å². The Morgan fingerprint density at radius 2 is 1.75 bits per heavy atom. The smallest absolute Gasteiger partial charge is 0.277 e. The number of hydrazine groups is 1. The summed E-state index contributed by atoms with van der Waals surface area (Å²) in [7, 11) is 0. The largest absolute Gasteiger partial charge is 0.494 e. The van der Waals surface area contributed by atoms with Crippen molar-refractivity contribution in [2.45, 2.75) is 20.8 Å². The van der Waals surface area contributed by atoms with Crippen LogP contribution < -0.4 is 21.1 Å². The Balaban J connectivity index is 2.05. The van der Waals surface area contributed by atoms with E-state index >= 15 is 0 Å². The average Bonchev–Trinajstić information content (AvgIpc) is 2.57. The van der Waals surface area contributed by atoms with Crippen LogP contribution in [-0.2, 0) is 0 Å². The first-order valence-electron chi connectivity index (χ1n) is 7.33. The monoisotopic (exact) mass is 330 g/mol. The Morgan fingerprint density at radius 3 is 2.38 bits per heavy atom. The molecule has 2 aromatic rings. The molecule has 2 amide bonds. The lowest BCUT2D eigenvalue weighted by atomic mass is 10.1. The molecule has 0 radical (unpaired) electrons. The maximum atomic E-state index is 12.1. The van der Waals surface area contributed by atoms with Gasteiger partial charge in [-0.1, -0.05) is 0 Å². The van der Waals surface area contributed by atoms with Crippen LogP contribution in [0.1, 0.15) is 38.9 Å². The van der Waals surface area contributed by atoms with Crippen molar-refractivity contribution in [2.24, 2.45) is 0 Å². The second kappa shape index (κ2) is 7.40. The van der Waals surface area contributed by atoms with Crippen LogP contribution in [0.25, 0.3) is 0 Å². The standard InChI is InChI=1S/C16H18N4O4/c1-4-24-12-7-5-11(6-8-12)14(21)18-20-16(23)13-9(2)10(3)17-19-15(13)22/h5-8H,4H2,1-3H3,(H,18,21)(H,19,22)(H,20,23). The van der Waals surface area contributed by atoms with Gasteiger partial charge >= 0.3 is 0 Å². The Bertz CT molecular complexity index is 812. The topological polar surface area (TPSA) is 113 Å². The van der Waals surface area contributed by atoms with Crippen molar-refractivity contribution in [3.8, 4) is 5.75 Å². The van der Waals surface area contributed by atoms with Crippen molar-refractivity contribution >= 4 is 11.8 Å². The number of amides is 2. The number of aromatic amines is 1. The van der Waals surface area contributed by atoms with Gasteiger partial charge in [0, 0.05) is 5.56 Å². The van der Waals surface area contributed by atoms with Gasteiger partial charge in [0.2, 0.25) is 0 Å². The maximum Gasteiger partial charge on any atom is 0.277 e. The van der Waals surface area contributed by atoms with Gasteiger partial charge < -0.3 is 4.74 Å². The van der Waals surface area contributed by atoms with Gasteiger partial charge in [0.25, 0.3) is 17.4 Å². The van der Waals surface area contributed by atoms with E-state index in [9.17, 15) is 14.4 Å². The zero-order chi connectivity index (χ0) is 17.7. The first-order valence-corrected chi connectivity index (χ1v) is 7.33. The van der Waals surface area contributed by atoms with Crippen LogP contribution in [-0.4, -0.2) is 28.6 Å². The minimum absolute atomic E-state index is 0.0884. The number of nitrogens with one attached hydrogen (secondary N) is 3. The van der Waals surface area contributed by atoms with Gasteiger partial charge in [0.15, 0.2) is 0 Å². The number of nitrogens with zero attached hydrogens (tertiary/aromatic N) is 1. The molecule has 126 valence electrons. The highest BCUT2D eigenvalue weighted by Gasteiger charge is 2.17. The first kappa shape index (κ1) is 17.2. The third-order valence-corrected chi connectivity index (χ3v) is 3.41. The lowest BCUT2D eigenvalue weighted by Gasteiger charge is -2.10. The SMILES string of the molecule is CCOc1ccc(C(=O)NNC(=O)c2c(C)c(C)n[nH]c2=O)cc1. The van der Waals surface area contributed by atoms with E-state index in [2.05, 4.69) is 21.0 Å². The maximum absolute atomic E-state index is 12.1. The molecule has 0 aliphatic carbocycles. The summed E-state index contributed by atoms with van der Waals surface area (Å²) in [4.78, 5) is 35.9. The molecular formula is C16H18N4O4. The zero-order valence-electron chi connectivity index (χ0n) is 13.6. The quantitative estimate of drug-likeness (QED) is 0.720. The molecule has 0 bridgehead atoms. The van der Waals surface area contributed by atoms with E-state index in [0.717, 1.165) is 0 Å². The second-order valence-electron chi connectivity index (χ2n) is 5.00. The molecule has 3 N–H and O–H groups in total. The van der Waals surface area contributed by atoms with E-state index < -0.39 is 17.4 Å². The zero-order valence-corrected chi connectivity index (χ0v) is 13.6. The highest BCUT2D eigenvalue weighted by molar-refractivity contribution is 5.99. The lowest BCUT2D eigenvalue weighted by molar-refractivity contribution is 0.0845. The second-order valence-corrected chi connectivity index (χ2v) is 5.00. The first-order chi connectivity index (χ1) is 11.4. The van der Waals surface area contributed by atoms with E-state index in [4.69, 9.17) is 4.74 Å². The minimum Gasteiger partial charge on any atom is -0.494 e. The Hall–Kier alpha value is -3.16. The predicted molar refractivity (Wildman–Crippen MR) is 86.9 cm³/mol. The summed E-state index contributed by atoms with van der Waals surface area (Å²) < 4.78 is 5.29. The summed E-state index contributed by atoms with van der Waals surface area (Å²) in [6.45, 7) is 5.67. The minimum atomic E-state index is -0.710. The fraction of sp³-hybridized carbons (Fsp3) is 0.250. The molecule has 0 unspecified atom stereocenters. The lowest BCUT2D eigenvalue weighted by Crippen LogP contribution is -2.44. The normalized spacial score (nSPS) is 10.1. The number of benzene rings is 1. The number of carbonyl (C=O) groups excluding carboxylic acids is 2. The molecule has 8 nitrogen and oxygen atoms in total. The van der Waals surface area contributed by atoms with Gasteiger partial charge in [0.1, 0.15) is 11.3 Å². The predicted octanol–water partition coefficient (Wildman–Crippen LogP) is 0.860. The van der Waals surface area contributed by atoms with E-state index in [-0.39, 0.29) is 5.56 Å². The molecule has 0 saturated carbocycles. The molecule has 0 atom stereocenters. The van der Waals surface area contributed by atoms with Crippen molar-refractivity contribution in [2.75, 3.05) is 6.61 Å². The highest BCUT2D eigenvalue weighted by atomic mass is 16.5. The number of carbonyl (C=O) groups is 2. The molecule has 8 heteroatoms. The number of rotatable bonds is 4. The molecule has 0 aliphatic rings. The van der Waals surface area contributed by atoms with Crippen LogP contribution in [0, 0.1) is 13.8 Å². The van der Waals surface area contributed by atoms with E-state index in [0.29, 0.717) is 29.2 Å². The van der Waals surface area contributed by atoms with Gasteiger partial charge in [-0.3, -0.25) is 25.2 Å². The van der Waals surface area contributed by atoms with Crippen LogP contribution in [0.4, 0.5) is 0 Å². The molecule has 1 heterocycles. The summed E-state index contributed by atoms with van der Waals surface area (Å²) >= 11 is 0. The number of hydrogen-bond donors (Lipinski definition) is 3. The van der Waals surface area contributed by atoms with Crippen molar-refractivity contribution in [1.82, 2.24) is 21.0 Å². The van der Waals surface area contributed by atoms with Crippen molar-refractivity contribution < 1.29 is 14.3 Å². The van der Waals surface area contributed by atoms with Gasteiger partial charge in [0.05, 0.1) is 12.3 Å². The summed E-state index contributed by atoms with van der Waals surface area (Å²) in [6, 6.07) is 6.45. The molecule has 24 heavy (non-hydrogen) atoms. The summed E-state index contributed by atoms with van der Waals surface area (Å²) in [5.41, 5.74) is 5.11. The Morgan fingerprint density at radius 1 is 1.12 bits per heavy atom. The van der Waals surface area contributed by atoms with E-state index in [1.54, 1.807) is 38.1 Å². The number of aromatic nitrogens is 2. The molecule has 0 aliphatic heterocycles. The molecule has 1 aromatic heterocycles. The van der Waals surface area contributed by atoms with Gasteiger partial charge in [-0.25, -0.2) is 5.10 Å². The van der Waals surface area contributed by atoms with Crippen LogP contribution in [0.5, 0.6) is 5.75 Å². The fourth-order valence-corrected chi connectivity index (χ4v) is 2.02. The molecule has 0 saturated heterocycles. The molecule has 0 fully saturated rings. The van der Waals surface area contributed by atoms with E-state index in [1.807, 2.05) is 6.92 Å². The van der Waals surface area contributed by atoms with Crippen molar-refractivity contribution in [1.29, 1.82) is 0 Å². The summed E-state index contributed by atoms with van der Waals surface area (Å²) in [5.74, 6) is -0.572. The number of H-pyrrole nitrogens is 1. The third-order valence-electron chi connectivity index (χ3n) is 3.41. The highest BCUT2D eigenvalue weighted by Crippen LogP contribution is 2.11. The van der Waals surface area contributed by atoms with Crippen molar-refractivity contribution in [3.63, 3.8) is 0 Å². The summed E-state index contributed by atoms with van der Waals surface area (Å²) in [5, 5.41) is 6.01. The van der Waals surface area contributed by atoms with Gasteiger partial charge in [-0.05, 0) is 50.6 Å². The Labute approximate surface area is 138 Å². The van der Waals surface area contributed by atoms with Gasteiger partial charge in [-0.15, -0.1) is 0 Å². The number of ether oxygens (including phenoxy) is 1. The average molecular weight is 330 g/mol. The summed E-state index contributed by atoms with van der Waals surface area (Å²) in [6.07, 6.45) is 0.